The van der Waals surface area contributed by atoms with E-state index in [2.05, 4.69) is 15.2 Å². The molecule has 1 saturated heterocycles. The van der Waals surface area contributed by atoms with Crippen molar-refractivity contribution >= 4 is 17.5 Å². The number of nitrogens with one attached hydrogen (secondary N) is 1. The van der Waals surface area contributed by atoms with Gasteiger partial charge in [-0.15, -0.1) is 0 Å². The fraction of sp³-hybridized carbons (Fsp3) is 0.316. The molecule has 1 aromatic carbocycles. The summed E-state index contributed by atoms with van der Waals surface area (Å²) in [6, 6.07) is 9.60. The summed E-state index contributed by atoms with van der Waals surface area (Å²) in [5.74, 6) is -0.502. The second-order valence-electron chi connectivity index (χ2n) is 6.20. The Balaban J connectivity index is 1.60. The molecule has 136 valence electrons. The van der Waals surface area contributed by atoms with E-state index in [-0.39, 0.29) is 17.6 Å². The van der Waals surface area contributed by atoms with Gasteiger partial charge in [0, 0.05) is 51.5 Å². The first-order valence-corrected chi connectivity index (χ1v) is 8.52. The van der Waals surface area contributed by atoms with Crippen LogP contribution >= 0.6 is 0 Å². The number of benzene rings is 1. The number of hydrogen-bond acceptors (Lipinski definition) is 4. The number of rotatable bonds is 4. The molecule has 1 fully saturated rings. The fourth-order valence-electron chi connectivity index (χ4n) is 2.89. The second kappa shape index (κ2) is 7.95. The first-order valence-electron chi connectivity index (χ1n) is 8.52. The van der Waals surface area contributed by atoms with Crippen LogP contribution in [0.25, 0.3) is 0 Å². The van der Waals surface area contributed by atoms with Crippen molar-refractivity contribution in [2.45, 2.75) is 13.5 Å². The van der Waals surface area contributed by atoms with Crippen LogP contribution < -0.4 is 10.2 Å². The average Bonchev–Trinajstić information content (AvgIpc) is 2.67. The van der Waals surface area contributed by atoms with E-state index in [1.54, 1.807) is 31.3 Å². The highest BCUT2D eigenvalue weighted by molar-refractivity contribution is 5.93. The first-order chi connectivity index (χ1) is 12.5. The van der Waals surface area contributed by atoms with Crippen LogP contribution in [0.3, 0.4) is 0 Å². The predicted octanol–water partition coefficient (Wildman–Crippen LogP) is 1.82. The number of piperazine rings is 1. The van der Waals surface area contributed by atoms with E-state index in [4.69, 9.17) is 0 Å². The molecule has 0 saturated carbocycles. The van der Waals surface area contributed by atoms with Gasteiger partial charge in [-0.2, -0.15) is 0 Å². The lowest BCUT2D eigenvalue weighted by Crippen LogP contribution is -2.48. The lowest BCUT2D eigenvalue weighted by atomic mass is 10.2. The average molecular weight is 356 g/mol. The minimum atomic E-state index is -0.306. The third-order valence-electron chi connectivity index (χ3n) is 4.43. The van der Waals surface area contributed by atoms with Gasteiger partial charge in [-0.3, -0.25) is 14.6 Å². The molecule has 26 heavy (non-hydrogen) atoms. The van der Waals surface area contributed by atoms with Crippen molar-refractivity contribution in [3.05, 3.63) is 59.7 Å². The standard InChI is InChI=1S/C19H21FN4O2/c1-14(25)23-8-10-24(11-9-23)17-6-7-21-18(12-17)19(26)22-13-15-2-4-16(20)5-3-15/h2-7,12H,8-11,13H2,1H3,(H,22,26). The smallest absolute Gasteiger partial charge is 0.270 e. The van der Waals surface area contributed by atoms with Crippen molar-refractivity contribution in [1.29, 1.82) is 0 Å². The molecule has 0 spiro atoms. The Bertz CT molecular complexity index is 786. The van der Waals surface area contributed by atoms with Gasteiger partial charge in [0.2, 0.25) is 5.91 Å². The molecule has 1 N–H and O–H groups in total. The number of carbonyl (C=O) groups is 2. The Kier molecular flexibility index (Phi) is 5.46. The maximum atomic E-state index is 12.9. The van der Waals surface area contributed by atoms with Crippen molar-refractivity contribution in [2.75, 3.05) is 31.1 Å². The van der Waals surface area contributed by atoms with Crippen LogP contribution in [0, 0.1) is 5.82 Å². The highest BCUT2D eigenvalue weighted by Gasteiger charge is 2.19. The SMILES string of the molecule is CC(=O)N1CCN(c2ccnc(C(=O)NCc3ccc(F)cc3)c2)CC1. The maximum Gasteiger partial charge on any atom is 0.270 e. The van der Waals surface area contributed by atoms with E-state index >= 15 is 0 Å². The van der Waals surface area contributed by atoms with E-state index in [1.807, 2.05) is 11.0 Å². The third kappa shape index (κ3) is 4.36. The van der Waals surface area contributed by atoms with Crippen molar-refractivity contribution in [1.82, 2.24) is 15.2 Å². The number of anilines is 1. The molecule has 0 aliphatic carbocycles. The number of aromatic nitrogens is 1. The molecule has 3 rings (SSSR count). The van der Waals surface area contributed by atoms with E-state index in [0.29, 0.717) is 25.3 Å². The summed E-state index contributed by atoms with van der Waals surface area (Å²) in [4.78, 5) is 31.8. The van der Waals surface area contributed by atoms with Gasteiger partial charge in [0.25, 0.3) is 5.91 Å². The highest BCUT2D eigenvalue weighted by atomic mass is 19.1. The zero-order valence-electron chi connectivity index (χ0n) is 14.6. The molecule has 0 atom stereocenters. The minimum absolute atomic E-state index is 0.0836. The molecular formula is C19H21FN4O2. The zero-order valence-corrected chi connectivity index (χ0v) is 14.6. The molecule has 6 nitrogen and oxygen atoms in total. The molecule has 2 amide bonds. The van der Waals surface area contributed by atoms with E-state index in [0.717, 1.165) is 24.3 Å². The summed E-state index contributed by atoms with van der Waals surface area (Å²) >= 11 is 0. The monoisotopic (exact) mass is 356 g/mol. The van der Waals surface area contributed by atoms with Crippen molar-refractivity contribution < 1.29 is 14.0 Å². The largest absolute Gasteiger partial charge is 0.368 e. The van der Waals surface area contributed by atoms with Crippen LogP contribution in [0.4, 0.5) is 10.1 Å². The summed E-state index contributed by atoms with van der Waals surface area (Å²) in [6.07, 6.45) is 1.61. The lowest BCUT2D eigenvalue weighted by molar-refractivity contribution is -0.129. The van der Waals surface area contributed by atoms with Crippen molar-refractivity contribution in [2.24, 2.45) is 0 Å². The summed E-state index contributed by atoms with van der Waals surface area (Å²) in [5.41, 5.74) is 2.06. The molecule has 2 heterocycles. The van der Waals surface area contributed by atoms with E-state index < -0.39 is 0 Å². The maximum absolute atomic E-state index is 12.9. The van der Waals surface area contributed by atoms with Gasteiger partial charge in [0.1, 0.15) is 11.5 Å². The molecule has 1 aromatic heterocycles. The molecule has 1 aliphatic rings. The van der Waals surface area contributed by atoms with Gasteiger partial charge in [0.15, 0.2) is 0 Å². The van der Waals surface area contributed by atoms with Gasteiger partial charge in [-0.05, 0) is 29.8 Å². The Morgan fingerprint density at radius 1 is 1.12 bits per heavy atom. The van der Waals surface area contributed by atoms with Gasteiger partial charge < -0.3 is 15.1 Å². The molecule has 7 heteroatoms. The Morgan fingerprint density at radius 3 is 2.46 bits per heavy atom. The van der Waals surface area contributed by atoms with Gasteiger partial charge in [-0.1, -0.05) is 12.1 Å². The van der Waals surface area contributed by atoms with Crippen LogP contribution in [0.15, 0.2) is 42.6 Å². The zero-order chi connectivity index (χ0) is 18.5. The van der Waals surface area contributed by atoms with Crippen molar-refractivity contribution in [3.63, 3.8) is 0 Å². The topological polar surface area (TPSA) is 65.5 Å². The van der Waals surface area contributed by atoms with Crippen LogP contribution in [0.5, 0.6) is 0 Å². The number of halogens is 1. The van der Waals surface area contributed by atoms with Crippen LogP contribution in [-0.2, 0) is 11.3 Å². The van der Waals surface area contributed by atoms with Gasteiger partial charge >= 0.3 is 0 Å². The first kappa shape index (κ1) is 17.8. The molecule has 0 bridgehead atoms. The fourth-order valence-corrected chi connectivity index (χ4v) is 2.89. The number of pyridine rings is 1. The predicted molar refractivity (Wildman–Crippen MR) is 96.3 cm³/mol. The molecule has 1 aliphatic heterocycles. The van der Waals surface area contributed by atoms with E-state index in [9.17, 15) is 14.0 Å². The second-order valence-corrected chi connectivity index (χ2v) is 6.20. The number of nitrogens with zero attached hydrogens (tertiary/aromatic N) is 3. The van der Waals surface area contributed by atoms with Gasteiger partial charge in [-0.25, -0.2) is 4.39 Å². The third-order valence-corrected chi connectivity index (χ3v) is 4.43. The van der Waals surface area contributed by atoms with E-state index in [1.165, 1.54) is 12.1 Å². The number of hydrogen-bond donors (Lipinski definition) is 1. The summed E-state index contributed by atoms with van der Waals surface area (Å²) in [6.45, 7) is 4.67. The van der Waals surface area contributed by atoms with Crippen LogP contribution in [0.2, 0.25) is 0 Å². The number of carbonyl (C=O) groups excluding carboxylic acids is 2. The molecule has 2 aromatic rings. The Labute approximate surface area is 151 Å². The Hall–Kier alpha value is -2.96. The molecule has 0 radical (unpaired) electrons. The van der Waals surface area contributed by atoms with Crippen molar-refractivity contribution in [3.8, 4) is 0 Å². The summed E-state index contributed by atoms with van der Waals surface area (Å²) in [7, 11) is 0. The Morgan fingerprint density at radius 2 is 1.81 bits per heavy atom. The molecular weight excluding hydrogens is 335 g/mol. The summed E-state index contributed by atoms with van der Waals surface area (Å²) in [5, 5.41) is 2.79. The quantitative estimate of drug-likeness (QED) is 0.908. The number of amides is 2. The van der Waals surface area contributed by atoms with Crippen LogP contribution in [-0.4, -0.2) is 47.9 Å². The highest BCUT2D eigenvalue weighted by Crippen LogP contribution is 2.17. The lowest BCUT2D eigenvalue weighted by Gasteiger charge is -2.35. The minimum Gasteiger partial charge on any atom is -0.368 e. The van der Waals surface area contributed by atoms with Gasteiger partial charge in [0.05, 0.1) is 0 Å². The summed E-state index contributed by atoms with van der Waals surface area (Å²) < 4.78 is 12.9. The molecule has 0 unspecified atom stereocenters. The normalized spacial score (nSPS) is 14.2. The van der Waals surface area contributed by atoms with Crippen LogP contribution in [0.1, 0.15) is 23.0 Å².